The normalized spacial score (nSPS) is 15.5. The molecule has 160 valence electrons. The number of Topliss-reactive ketones (excluding diaryl/α,β-unsaturated/α-hetero) is 1. The molecule has 7 nitrogen and oxygen atoms in total. The van der Waals surface area contributed by atoms with E-state index in [9.17, 15) is 18.0 Å². The van der Waals surface area contributed by atoms with Crippen molar-refractivity contribution in [3.8, 4) is 5.75 Å². The number of hydrogen-bond acceptors (Lipinski definition) is 6. The quantitative estimate of drug-likeness (QED) is 0.471. The first-order valence-corrected chi connectivity index (χ1v) is 11.3. The molecule has 1 saturated heterocycles. The average Bonchev–Trinajstić information content (AvgIpc) is 3.30. The number of benzene rings is 2. The van der Waals surface area contributed by atoms with Crippen LogP contribution in [0.4, 0.5) is 0 Å². The van der Waals surface area contributed by atoms with E-state index in [1.807, 2.05) is 6.92 Å². The van der Waals surface area contributed by atoms with E-state index in [0.29, 0.717) is 31.0 Å². The molecule has 8 heteroatoms. The zero-order valence-corrected chi connectivity index (χ0v) is 17.9. The Morgan fingerprint density at radius 1 is 1.03 bits per heavy atom. The fourth-order valence-electron chi connectivity index (χ4n) is 3.26. The number of rotatable bonds is 8. The number of sulfonamides is 1. The van der Waals surface area contributed by atoms with Gasteiger partial charge in [0.1, 0.15) is 5.75 Å². The third-order valence-electron chi connectivity index (χ3n) is 4.88. The van der Waals surface area contributed by atoms with Crippen molar-refractivity contribution in [2.45, 2.75) is 37.7 Å². The summed E-state index contributed by atoms with van der Waals surface area (Å²) in [4.78, 5) is 25.1. The molecule has 0 unspecified atom stereocenters. The largest absolute Gasteiger partial charge is 0.494 e. The lowest BCUT2D eigenvalue weighted by Gasteiger charge is -2.16. The summed E-state index contributed by atoms with van der Waals surface area (Å²) >= 11 is 0. The van der Waals surface area contributed by atoms with Crippen molar-refractivity contribution < 1.29 is 27.5 Å². The second-order valence-electron chi connectivity index (χ2n) is 7.01. The monoisotopic (exact) mass is 431 g/mol. The van der Waals surface area contributed by atoms with Crippen molar-refractivity contribution >= 4 is 21.8 Å². The van der Waals surface area contributed by atoms with Gasteiger partial charge in [-0.05, 0) is 69.2 Å². The first-order chi connectivity index (χ1) is 14.3. The molecule has 0 aliphatic carbocycles. The van der Waals surface area contributed by atoms with Gasteiger partial charge in [0.15, 0.2) is 6.10 Å². The minimum atomic E-state index is -3.64. The average molecular weight is 432 g/mol. The lowest BCUT2D eigenvalue weighted by atomic mass is 10.1. The minimum absolute atomic E-state index is 0.0457. The highest BCUT2D eigenvalue weighted by molar-refractivity contribution is 7.89. The van der Waals surface area contributed by atoms with Crippen LogP contribution in [0.3, 0.4) is 0 Å². The van der Waals surface area contributed by atoms with Gasteiger partial charge in [0.05, 0.1) is 17.1 Å². The SMILES string of the molecule is CCOc1ccc(C(=O)[C@@H](C)OC(=O)c2cccc(S(=O)(=O)N3CCCC3)c2)cc1. The lowest BCUT2D eigenvalue weighted by molar-refractivity contribution is 0.0318. The number of ether oxygens (including phenoxy) is 2. The molecule has 1 aliphatic rings. The number of ketones is 1. The highest BCUT2D eigenvalue weighted by Gasteiger charge is 2.28. The van der Waals surface area contributed by atoms with Crippen LogP contribution in [0.15, 0.2) is 53.4 Å². The Balaban J connectivity index is 1.70. The van der Waals surface area contributed by atoms with E-state index < -0.39 is 22.1 Å². The maximum atomic E-state index is 12.7. The van der Waals surface area contributed by atoms with Gasteiger partial charge in [-0.3, -0.25) is 4.79 Å². The maximum Gasteiger partial charge on any atom is 0.338 e. The Bertz CT molecular complexity index is 1010. The molecule has 0 N–H and O–H groups in total. The van der Waals surface area contributed by atoms with Crippen LogP contribution in [0.5, 0.6) is 5.75 Å². The van der Waals surface area contributed by atoms with Gasteiger partial charge in [-0.2, -0.15) is 4.31 Å². The van der Waals surface area contributed by atoms with Gasteiger partial charge in [-0.1, -0.05) is 6.07 Å². The minimum Gasteiger partial charge on any atom is -0.494 e. The number of carbonyl (C=O) groups excluding carboxylic acids is 2. The molecule has 0 aromatic heterocycles. The molecule has 2 aromatic carbocycles. The molecule has 0 spiro atoms. The molecule has 3 rings (SSSR count). The van der Waals surface area contributed by atoms with E-state index in [0.717, 1.165) is 12.8 Å². The van der Waals surface area contributed by atoms with E-state index >= 15 is 0 Å². The molecule has 30 heavy (non-hydrogen) atoms. The summed E-state index contributed by atoms with van der Waals surface area (Å²) in [5.41, 5.74) is 0.478. The summed E-state index contributed by atoms with van der Waals surface area (Å²) < 4.78 is 37.5. The molecule has 1 fully saturated rings. The fourth-order valence-corrected chi connectivity index (χ4v) is 4.82. The Morgan fingerprint density at radius 3 is 2.33 bits per heavy atom. The van der Waals surface area contributed by atoms with Gasteiger partial charge in [-0.15, -0.1) is 0 Å². The zero-order valence-electron chi connectivity index (χ0n) is 17.0. The van der Waals surface area contributed by atoms with Gasteiger partial charge in [-0.25, -0.2) is 13.2 Å². The second kappa shape index (κ2) is 9.40. The molecule has 0 bridgehead atoms. The van der Waals surface area contributed by atoms with E-state index in [1.165, 1.54) is 35.5 Å². The Labute approximate surface area is 176 Å². The lowest BCUT2D eigenvalue weighted by Crippen LogP contribution is -2.28. The maximum absolute atomic E-state index is 12.7. The molecular weight excluding hydrogens is 406 g/mol. The van der Waals surface area contributed by atoms with Crippen LogP contribution in [-0.2, 0) is 14.8 Å². The molecule has 1 aliphatic heterocycles. The first-order valence-electron chi connectivity index (χ1n) is 9.91. The predicted octanol–water partition coefficient (Wildman–Crippen LogP) is 3.30. The number of esters is 1. The summed E-state index contributed by atoms with van der Waals surface area (Å²) in [6.07, 6.45) is 0.632. The predicted molar refractivity (Wildman–Crippen MR) is 111 cm³/mol. The number of nitrogens with zero attached hydrogens (tertiary/aromatic N) is 1. The molecule has 2 aromatic rings. The molecule has 0 radical (unpaired) electrons. The van der Waals surface area contributed by atoms with E-state index in [2.05, 4.69) is 0 Å². The molecule has 1 atom stereocenters. The van der Waals surface area contributed by atoms with E-state index in [4.69, 9.17) is 9.47 Å². The Hall–Kier alpha value is -2.71. The standard InChI is InChI=1S/C22H25NO6S/c1-3-28-19-11-9-17(10-12-19)21(24)16(2)29-22(25)18-7-6-8-20(15-18)30(26,27)23-13-4-5-14-23/h6-12,15-16H,3-5,13-14H2,1-2H3/t16-/m1/s1. The summed E-state index contributed by atoms with van der Waals surface area (Å²) in [6, 6.07) is 12.3. The first kappa shape index (κ1) is 22.0. The van der Waals surface area contributed by atoms with Crippen molar-refractivity contribution in [3.63, 3.8) is 0 Å². The summed E-state index contributed by atoms with van der Waals surface area (Å²) in [5.74, 6) is -0.456. The highest BCUT2D eigenvalue weighted by atomic mass is 32.2. The smallest absolute Gasteiger partial charge is 0.338 e. The Kier molecular flexibility index (Phi) is 6.89. The van der Waals surface area contributed by atoms with Gasteiger partial charge < -0.3 is 9.47 Å². The van der Waals surface area contributed by atoms with Crippen LogP contribution in [0.25, 0.3) is 0 Å². The molecule has 0 amide bonds. The zero-order chi connectivity index (χ0) is 21.7. The number of carbonyl (C=O) groups is 2. The van der Waals surface area contributed by atoms with Crippen molar-refractivity contribution in [1.82, 2.24) is 4.31 Å². The number of hydrogen-bond donors (Lipinski definition) is 0. The van der Waals surface area contributed by atoms with E-state index in [-0.39, 0.29) is 16.2 Å². The summed E-state index contributed by atoms with van der Waals surface area (Å²) in [5, 5.41) is 0. The van der Waals surface area contributed by atoms with Gasteiger partial charge in [0.25, 0.3) is 0 Å². The highest BCUT2D eigenvalue weighted by Crippen LogP contribution is 2.22. The van der Waals surface area contributed by atoms with Crippen LogP contribution in [-0.4, -0.2) is 50.3 Å². The van der Waals surface area contributed by atoms with Gasteiger partial charge in [0, 0.05) is 18.7 Å². The van der Waals surface area contributed by atoms with Crippen LogP contribution in [0, 0.1) is 0 Å². The summed E-state index contributed by atoms with van der Waals surface area (Å²) in [7, 11) is -3.64. The second-order valence-corrected chi connectivity index (χ2v) is 8.95. The van der Waals surface area contributed by atoms with Crippen molar-refractivity contribution in [1.29, 1.82) is 0 Å². The van der Waals surface area contributed by atoms with Crippen LogP contribution >= 0.6 is 0 Å². The van der Waals surface area contributed by atoms with Crippen LogP contribution in [0.2, 0.25) is 0 Å². The van der Waals surface area contributed by atoms with Crippen molar-refractivity contribution in [3.05, 3.63) is 59.7 Å². The van der Waals surface area contributed by atoms with E-state index in [1.54, 1.807) is 24.3 Å². The van der Waals surface area contributed by atoms with Crippen molar-refractivity contribution in [2.24, 2.45) is 0 Å². The third kappa shape index (κ3) is 4.88. The third-order valence-corrected chi connectivity index (χ3v) is 6.77. The van der Waals surface area contributed by atoms with Gasteiger partial charge >= 0.3 is 5.97 Å². The Morgan fingerprint density at radius 2 is 1.70 bits per heavy atom. The van der Waals surface area contributed by atoms with Crippen LogP contribution in [0.1, 0.15) is 47.4 Å². The molecule has 0 saturated carbocycles. The fraction of sp³-hybridized carbons (Fsp3) is 0.364. The molecule has 1 heterocycles. The molecular formula is C22H25NO6S. The topological polar surface area (TPSA) is 90.0 Å². The summed E-state index contributed by atoms with van der Waals surface area (Å²) in [6.45, 7) is 4.83. The van der Waals surface area contributed by atoms with Crippen LogP contribution < -0.4 is 4.74 Å². The van der Waals surface area contributed by atoms with Gasteiger partial charge in [0.2, 0.25) is 15.8 Å². The van der Waals surface area contributed by atoms with Crippen molar-refractivity contribution in [2.75, 3.05) is 19.7 Å².